The summed E-state index contributed by atoms with van der Waals surface area (Å²) in [6.45, 7) is 1.56. The van der Waals surface area contributed by atoms with Gasteiger partial charge in [-0.05, 0) is 50.5 Å². The number of hydrogen-bond donors (Lipinski definition) is 2. The number of Topliss-reactive ketones (excluding diaryl/α,β-unsaturated/α-hetero) is 1. The molecule has 11 heteroatoms. The summed E-state index contributed by atoms with van der Waals surface area (Å²) in [6.07, 6.45) is 1.14. The predicted octanol–water partition coefficient (Wildman–Crippen LogP) is 0.630. The lowest BCUT2D eigenvalue weighted by molar-refractivity contribution is -0.176. The van der Waals surface area contributed by atoms with Gasteiger partial charge in [-0.3, -0.25) is 29.0 Å². The van der Waals surface area contributed by atoms with Gasteiger partial charge >= 0.3 is 0 Å². The summed E-state index contributed by atoms with van der Waals surface area (Å²) in [5, 5.41) is 7.93. The van der Waals surface area contributed by atoms with Crippen molar-refractivity contribution in [2.45, 2.75) is 57.2 Å². The normalized spacial score (nSPS) is 21.5. The van der Waals surface area contributed by atoms with Crippen molar-refractivity contribution in [3.05, 3.63) is 34.9 Å². The second kappa shape index (κ2) is 10.6. The molecule has 0 radical (unpaired) electrons. The van der Waals surface area contributed by atoms with Crippen LogP contribution in [0.1, 0.15) is 49.4 Å². The van der Waals surface area contributed by atoms with E-state index in [-0.39, 0.29) is 43.9 Å². The molecule has 2 aliphatic heterocycles. The molecule has 2 saturated heterocycles. The van der Waals surface area contributed by atoms with Crippen molar-refractivity contribution in [2.24, 2.45) is 0 Å². The number of ketones is 1. The number of nitrogens with one attached hydrogen (secondary N) is 2. The van der Waals surface area contributed by atoms with Gasteiger partial charge in [0.05, 0.1) is 6.04 Å². The lowest BCUT2D eigenvalue weighted by atomic mass is 10.0. The molecular formula is C22H25ClN4O6. The van der Waals surface area contributed by atoms with Gasteiger partial charge < -0.3 is 15.4 Å². The quantitative estimate of drug-likeness (QED) is 0.554. The van der Waals surface area contributed by atoms with Gasteiger partial charge in [-0.15, -0.1) is 0 Å². The Balaban J connectivity index is 1.80. The van der Waals surface area contributed by atoms with E-state index in [1.54, 1.807) is 12.1 Å². The van der Waals surface area contributed by atoms with Gasteiger partial charge in [0.2, 0.25) is 11.8 Å². The fourth-order valence-electron chi connectivity index (χ4n) is 3.97. The van der Waals surface area contributed by atoms with Gasteiger partial charge in [0, 0.05) is 30.0 Å². The van der Waals surface area contributed by atoms with Crippen LogP contribution in [0, 0.1) is 0 Å². The second-order valence-electron chi connectivity index (χ2n) is 8.09. The number of aldehydes is 1. The highest BCUT2D eigenvalue weighted by Crippen LogP contribution is 2.25. The molecule has 2 aliphatic rings. The number of carbonyl (C=O) groups is 6. The van der Waals surface area contributed by atoms with E-state index in [4.69, 9.17) is 11.6 Å². The number of halogens is 1. The molecule has 0 bridgehead atoms. The minimum Gasteiger partial charge on any atom is -0.344 e. The third-order valence-corrected chi connectivity index (χ3v) is 5.83. The summed E-state index contributed by atoms with van der Waals surface area (Å²) in [5.74, 6) is -2.34. The highest BCUT2D eigenvalue weighted by Gasteiger charge is 2.44. The fourth-order valence-corrected chi connectivity index (χ4v) is 4.10. The molecule has 2 N–H and O–H groups in total. The zero-order chi connectivity index (χ0) is 24.1. The van der Waals surface area contributed by atoms with E-state index >= 15 is 0 Å². The van der Waals surface area contributed by atoms with Gasteiger partial charge in [0.1, 0.15) is 24.2 Å². The molecule has 0 spiro atoms. The van der Waals surface area contributed by atoms with Gasteiger partial charge in [-0.25, -0.2) is 5.01 Å². The smallest absolute Gasteiger partial charge is 0.264 e. The monoisotopic (exact) mass is 476 g/mol. The van der Waals surface area contributed by atoms with Crippen molar-refractivity contribution >= 4 is 47.3 Å². The van der Waals surface area contributed by atoms with E-state index in [0.29, 0.717) is 23.3 Å². The lowest BCUT2D eigenvalue weighted by Crippen LogP contribution is -2.64. The number of fused-ring (bicyclic) bond motifs is 1. The molecule has 2 heterocycles. The van der Waals surface area contributed by atoms with Crippen LogP contribution in [0.4, 0.5) is 0 Å². The van der Waals surface area contributed by atoms with Gasteiger partial charge in [0.15, 0.2) is 0 Å². The largest absolute Gasteiger partial charge is 0.344 e. The van der Waals surface area contributed by atoms with E-state index in [0.717, 1.165) is 5.01 Å². The number of nitrogens with zero attached hydrogens (tertiary/aromatic N) is 2. The number of carbonyl (C=O) groups excluding carboxylic acids is 6. The van der Waals surface area contributed by atoms with E-state index in [1.807, 2.05) is 0 Å². The zero-order valence-corrected chi connectivity index (χ0v) is 18.8. The summed E-state index contributed by atoms with van der Waals surface area (Å²) >= 11 is 5.85. The van der Waals surface area contributed by atoms with Crippen LogP contribution >= 0.6 is 11.6 Å². The van der Waals surface area contributed by atoms with Crippen LogP contribution in [0.15, 0.2) is 24.3 Å². The van der Waals surface area contributed by atoms with E-state index < -0.39 is 35.8 Å². The number of benzene rings is 1. The third kappa shape index (κ3) is 5.75. The summed E-state index contributed by atoms with van der Waals surface area (Å²) in [4.78, 5) is 74.3. The molecule has 4 amide bonds. The first-order valence-electron chi connectivity index (χ1n) is 10.7. The van der Waals surface area contributed by atoms with Gasteiger partial charge in [0.25, 0.3) is 11.8 Å². The Labute approximate surface area is 195 Å². The molecule has 0 unspecified atom stereocenters. The van der Waals surface area contributed by atoms with Crippen LogP contribution in [0.25, 0.3) is 0 Å². The maximum absolute atomic E-state index is 13.4. The summed E-state index contributed by atoms with van der Waals surface area (Å²) < 4.78 is 0. The van der Waals surface area contributed by atoms with Gasteiger partial charge in [-0.1, -0.05) is 11.6 Å². The summed E-state index contributed by atoms with van der Waals surface area (Å²) in [6, 6.07) is 3.04. The molecule has 0 aromatic heterocycles. The molecule has 0 saturated carbocycles. The Kier molecular flexibility index (Phi) is 7.80. The van der Waals surface area contributed by atoms with Crippen LogP contribution in [-0.2, 0) is 24.0 Å². The first kappa shape index (κ1) is 24.4. The maximum atomic E-state index is 13.4. The standard InChI is InChI=1S/C22H25ClN4O6/c1-13(29)11-16(12-28)24-21(32)18-3-2-10-26-19(30)9-8-17(22(33)27(18)26)25-20(31)14-4-6-15(23)7-5-14/h4-7,12,16-18H,2-3,8-11H2,1H3,(H,24,32)(H,25,31)/t16-,17-,18-/m0/s1. The Hall–Kier alpha value is -3.27. The number of rotatable bonds is 7. The molecule has 3 atom stereocenters. The topological polar surface area (TPSA) is 133 Å². The Morgan fingerprint density at radius 1 is 1.18 bits per heavy atom. The van der Waals surface area contributed by atoms with Crippen LogP contribution in [0.3, 0.4) is 0 Å². The van der Waals surface area contributed by atoms with E-state index in [2.05, 4.69) is 10.6 Å². The SMILES string of the molecule is CC(=O)C[C@@H](C=O)NC(=O)[C@@H]1CCCN2C(=O)CC[C@H](NC(=O)c3ccc(Cl)cc3)C(=O)N12. The molecule has 10 nitrogen and oxygen atoms in total. The first-order valence-corrected chi connectivity index (χ1v) is 11.0. The number of hydrazine groups is 1. The molecule has 33 heavy (non-hydrogen) atoms. The van der Waals surface area contributed by atoms with Crippen molar-refractivity contribution in [2.75, 3.05) is 6.54 Å². The fraction of sp³-hybridized carbons (Fsp3) is 0.455. The van der Waals surface area contributed by atoms with Crippen molar-refractivity contribution in [3.8, 4) is 0 Å². The molecule has 176 valence electrons. The molecule has 0 aliphatic carbocycles. The molecule has 1 aromatic carbocycles. The number of hydrogen-bond acceptors (Lipinski definition) is 6. The lowest BCUT2D eigenvalue weighted by Gasteiger charge is -2.43. The third-order valence-electron chi connectivity index (χ3n) is 5.58. The first-order chi connectivity index (χ1) is 15.7. The zero-order valence-electron chi connectivity index (χ0n) is 18.1. The molecular weight excluding hydrogens is 452 g/mol. The van der Waals surface area contributed by atoms with Crippen LogP contribution < -0.4 is 10.6 Å². The highest BCUT2D eigenvalue weighted by atomic mass is 35.5. The van der Waals surface area contributed by atoms with E-state index in [1.165, 1.54) is 24.1 Å². The van der Waals surface area contributed by atoms with Crippen molar-refractivity contribution in [1.29, 1.82) is 0 Å². The minimum atomic E-state index is -1.04. The highest BCUT2D eigenvalue weighted by molar-refractivity contribution is 6.30. The van der Waals surface area contributed by atoms with Crippen LogP contribution in [0.5, 0.6) is 0 Å². The van der Waals surface area contributed by atoms with Gasteiger partial charge in [-0.2, -0.15) is 0 Å². The van der Waals surface area contributed by atoms with Crippen molar-refractivity contribution in [1.82, 2.24) is 20.7 Å². The average molecular weight is 477 g/mol. The Morgan fingerprint density at radius 3 is 2.52 bits per heavy atom. The molecule has 1 aromatic rings. The molecule has 3 rings (SSSR count). The predicted molar refractivity (Wildman–Crippen MR) is 117 cm³/mol. The van der Waals surface area contributed by atoms with E-state index in [9.17, 15) is 28.8 Å². The maximum Gasteiger partial charge on any atom is 0.264 e. The summed E-state index contributed by atoms with van der Waals surface area (Å²) in [7, 11) is 0. The average Bonchev–Trinajstić information content (AvgIpc) is 2.90. The Bertz CT molecular complexity index is 966. The van der Waals surface area contributed by atoms with Crippen molar-refractivity contribution in [3.63, 3.8) is 0 Å². The Morgan fingerprint density at radius 2 is 1.88 bits per heavy atom. The van der Waals surface area contributed by atoms with Crippen molar-refractivity contribution < 1.29 is 28.8 Å². The second-order valence-corrected chi connectivity index (χ2v) is 8.52. The van der Waals surface area contributed by atoms with Crippen LogP contribution in [-0.4, -0.2) is 70.4 Å². The number of amides is 4. The summed E-state index contributed by atoms with van der Waals surface area (Å²) in [5.41, 5.74) is 0.297. The molecule has 2 fully saturated rings. The minimum absolute atomic E-state index is 0.0173. The van der Waals surface area contributed by atoms with Crippen LogP contribution in [0.2, 0.25) is 5.02 Å².